The Labute approximate surface area is 105 Å². The Balaban J connectivity index is 2.27. The highest BCUT2D eigenvalue weighted by atomic mass is 79.9. The van der Waals surface area contributed by atoms with E-state index < -0.39 is 11.6 Å². The van der Waals surface area contributed by atoms with Gasteiger partial charge in [0.2, 0.25) is 11.6 Å². The molecule has 0 aliphatic carbocycles. The number of hydrogen-bond donors (Lipinski definition) is 0. The second-order valence-electron chi connectivity index (χ2n) is 3.13. The molecule has 2 rings (SSSR count). The van der Waals surface area contributed by atoms with E-state index in [1.54, 1.807) is 36.4 Å². The maximum absolute atomic E-state index is 11.8. The summed E-state index contributed by atoms with van der Waals surface area (Å²) >= 11 is 4.53. The van der Waals surface area contributed by atoms with E-state index in [4.69, 9.17) is 0 Å². The fourth-order valence-electron chi connectivity index (χ4n) is 1.27. The Hall–Kier alpha value is -1.26. The maximum Gasteiger partial charge on any atom is 0.243 e. The van der Waals surface area contributed by atoms with Crippen molar-refractivity contribution in [2.24, 2.45) is 0 Å². The van der Waals surface area contributed by atoms with Crippen LogP contribution in [0.15, 0.2) is 46.3 Å². The van der Waals surface area contributed by atoms with E-state index in [0.717, 1.165) is 3.79 Å². The average molecular weight is 295 g/mol. The van der Waals surface area contributed by atoms with Crippen molar-refractivity contribution in [3.63, 3.8) is 0 Å². The molecule has 0 aliphatic heterocycles. The lowest BCUT2D eigenvalue weighted by Crippen LogP contribution is -2.12. The lowest BCUT2D eigenvalue weighted by molar-refractivity contribution is 0.0819. The standard InChI is InChI=1S/C12H7BrO2S/c13-10-7-6-9(16-10)12(15)11(14)8-4-2-1-3-5-8/h1-7H. The Morgan fingerprint density at radius 2 is 1.62 bits per heavy atom. The van der Waals surface area contributed by atoms with Gasteiger partial charge in [-0.25, -0.2) is 0 Å². The molecule has 80 valence electrons. The van der Waals surface area contributed by atoms with Crippen LogP contribution < -0.4 is 0 Å². The molecule has 0 aliphatic rings. The number of carbonyl (C=O) groups excluding carboxylic acids is 2. The van der Waals surface area contributed by atoms with Crippen LogP contribution >= 0.6 is 27.3 Å². The minimum atomic E-state index is -0.463. The van der Waals surface area contributed by atoms with E-state index in [2.05, 4.69) is 15.9 Å². The van der Waals surface area contributed by atoms with Crippen molar-refractivity contribution in [2.45, 2.75) is 0 Å². The molecule has 0 saturated carbocycles. The summed E-state index contributed by atoms with van der Waals surface area (Å²) in [5.74, 6) is -0.920. The van der Waals surface area contributed by atoms with Gasteiger partial charge in [-0.15, -0.1) is 11.3 Å². The zero-order valence-corrected chi connectivity index (χ0v) is 10.5. The molecule has 0 N–H and O–H groups in total. The highest BCUT2D eigenvalue weighted by Crippen LogP contribution is 2.23. The Bertz CT molecular complexity index is 531. The summed E-state index contributed by atoms with van der Waals surface area (Å²) in [5, 5.41) is 0. The lowest BCUT2D eigenvalue weighted by Gasteiger charge is -1.97. The van der Waals surface area contributed by atoms with Crippen LogP contribution in [0.25, 0.3) is 0 Å². The van der Waals surface area contributed by atoms with Crippen molar-refractivity contribution in [1.29, 1.82) is 0 Å². The van der Waals surface area contributed by atoms with Gasteiger partial charge in [0, 0.05) is 5.56 Å². The monoisotopic (exact) mass is 294 g/mol. The molecule has 1 heterocycles. The molecule has 4 heteroatoms. The number of halogens is 1. The Morgan fingerprint density at radius 3 is 2.19 bits per heavy atom. The number of thiophene rings is 1. The van der Waals surface area contributed by atoms with E-state index in [9.17, 15) is 9.59 Å². The van der Waals surface area contributed by atoms with Gasteiger partial charge in [-0.05, 0) is 28.1 Å². The van der Waals surface area contributed by atoms with E-state index in [1.165, 1.54) is 11.3 Å². The Kier molecular flexibility index (Phi) is 3.31. The summed E-state index contributed by atoms with van der Waals surface area (Å²) in [6, 6.07) is 12.0. The van der Waals surface area contributed by atoms with Gasteiger partial charge in [0.15, 0.2) is 0 Å². The molecule has 0 bridgehead atoms. The fourth-order valence-corrected chi connectivity index (χ4v) is 2.59. The molecule has 0 saturated heterocycles. The van der Waals surface area contributed by atoms with Gasteiger partial charge in [0.1, 0.15) is 0 Å². The summed E-state index contributed by atoms with van der Waals surface area (Å²) < 4.78 is 0.844. The highest BCUT2D eigenvalue weighted by Gasteiger charge is 2.19. The summed E-state index contributed by atoms with van der Waals surface area (Å²) in [7, 11) is 0. The third-order valence-corrected chi connectivity index (χ3v) is 3.66. The minimum Gasteiger partial charge on any atom is -0.285 e. The molecular weight excluding hydrogens is 288 g/mol. The van der Waals surface area contributed by atoms with Crippen molar-refractivity contribution in [1.82, 2.24) is 0 Å². The molecule has 0 spiro atoms. The van der Waals surface area contributed by atoms with Gasteiger partial charge >= 0.3 is 0 Å². The van der Waals surface area contributed by atoms with Gasteiger partial charge in [-0.1, -0.05) is 30.3 Å². The molecule has 2 nitrogen and oxygen atoms in total. The lowest BCUT2D eigenvalue weighted by atomic mass is 10.1. The molecule has 0 atom stereocenters. The van der Waals surface area contributed by atoms with Crippen molar-refractivity contribution < 1.29 is 9.59 Å². The second-order valence-corrected chi connectivity index (χ2v) is 5.59. The van der Waals surface area contributed by atoms with E-state index >= 15 is 0 Å². The topological polar surface area (TPSA) is 34.1 Å². The third-order valence-electron chi connectivity index (χ3n) is 2.04. The van der Waals surface area contributed by atoms with Crippen LogP contribution in [-0.4, -0.2) is 11.6 Å². The van der Waals surface area contributed by atoms with Gasteiger partial charge in [0.05, 0.1) is 8.66 Å². The van der Waals surface area contributed by atoms with Gasteiger partial charge in [0.25, 0.3) is 0 Å². The van der Waals surface area contributed by atoms with Gasteiger partial charge in [-0.2, -0.15) is 0 Å². The second kappa shape index (κ2) is 4.72. The summed E-state index contributed by atoms with van der Waals surface area (Å²) in [5.41, 5.74) is 0.428. The number of hydrogen-bond acceptors (Lipinski definition) is 3. The van der Waals surface area contributed by atoms with Crippen LogP contribution in [0.2, 0.25) is 0 Å². The first-order valence-electron chi connectivity index (χ1n) is 4.58. The predicted molar refractivity (Wildman–Crippen MR) is 67.1 cm³/mol. The van der Waals surface area contributed by atoms with Crippen LogP contribution in [0.1, 0.15) is 20.0 Å². The molecule has 1 aromatic carbocycles. The number of carbonyl (C=O) groups is 2. The SMILES string of the molecule is O=C(C(=O)c1ccc(Br)s1)c1ccccc1. The molecule has 0 radical (unpaired) electrons. The van der Waals surface area contributed by atoms with E-state index in [-0.39, 0.29) is 0 Å². The fraction of sp³-hybridized carbons (Fsp3) is 0. The smallest absolute Gasteiger partial charge is 0.243 e. The number of Topliss-reactive ketones (excluding diaryl/α,β-unsaturated/α-hetero) is 2. The summed E-state index contributed by atoms with van der Waals surface area (Å²) in [6.07, 6.45) is 0. The van der Waals surface area contributed by atoms with Gasteiger partial charge in [-0.3, -0.25) is 9.59 Å². The normalized spacial score (nSPS) is 10.1. The number of rotatable bonds is 3. The number of ketones is 2. The van der Waals surface area contributed by atoms with E-state index in [0.29, 0.717) is 10.4 Å². The van der Waals surface area contributed by atoms with Crippen LogP contribution in [-0.2, 0) is 0 Å². The maximum atomic E-state index is 11.8. The average Bonchev–Trinajstić information content (AvgIpc) is 2.75. The number of benzene rings is 1. The zero-order chi connectivity index (χ0) is 11.5. The summed E-state index contributed by atoms with van der Waals surface area (Å²) in [4.78, 5) is 24.1. The van der Waals surface area contributed by atoms with Crippen LogP contribution in [0.3, 0.4) is 0 Å². The van der Waals surface area contributed by atoms with Crippen molar-refractivity contribution in [3.8, 4) is 0 Å². The quantitative estimate of drug-likeness (QED) is 0.640. The molecule has 0 fully saturated rings. The largest absolute Gasteiger partial charge is 0.285 e. The minimum absolute atomic E-state index is 0.428. The third kappa shape index (κ3) is 2.28. The van der Waals surface area contributed by atoms with Crippen LogP contribution in [0, 0.1) is 0 Å². The first-order valence-corrected chi connectivity index (χ1v) is 6.19. The van der Waals surface area contributed by atoms with Crippen molar-refractivity contribution in [2.75, 3.05) is 0 Å². The van der Waals surface area contributed by atoms with Crippen molar-refractivity contribution in [3.05, 3.63) is 56.7 Å². The van der Waals surface area contributed by atoms with E-state index in [1.807, 2.05) is 6.07 Å². The van der Waals surface area contributed by atoms with Crippen LogP contribution in [0.5, 0.6) is 0 Å². The predicted octanol–water partition coefficient (Wildman–Crippen LogP) is 3.58. The first-order chi connectivity index (χ1) is 7.68. The van der Waals surface area contributed by atoms with Gasteiger partial charge < -0.3 is 0 Å². The molecule has 2 aromatic rings. The summed E-state index contributed by atoms with van der Waals surface area (Å²) in [6.45, 7) is 0. The molecule has 16 heavy (non-hydrogen) atoms. The highest BCUT2D eigenvalue weighted by molar-refractivity contribution is 9.11. The molecule has 0 unspecified atom stereocenters. The zero-order valence-electron chi connectivity index (χ0n) is 8.14. The molecular formula is C12H7BrO2S. The first kappa shape index (κ1) is 11.2. The van der Waals surface area contributed by atoms with Crippen molar-refractivity contribution >= 4 is 38.8 Å². The Morgan fingerprint density at radius 1 is 0.938 bits per heavy atom. The van der Waals surface area contributed by atoms with Crippen LogP contribution in [0.4, 0.5) is 0 Å². The molecule has 0 amide bonds. The molecule has 1 aromatic heterocycles.